The van der Waals surface area contributed by atoms with E-state index in [1.54, 1.807) is 0 Å². The molecule has 18 heavy (non-hydrogen) atoms. The first kappa shape index (κ1) is 13.4. The highest BCUT2D eigenvalue weighted by atomic mass is 15.1. The lowest BCUT2D eigenvalue weighted by molar-refractivity contribution is 0.213. The average Bonchev–Trinajstić information content (AvgIpc) is 2.61. The van der Waals surface area contributed by atoms with Gasteiger partial charge in [0, 0.05) is 24.8 Å². The van der Waals surface area contributed by atoms with Crippen molar-refractivity contribution in [2.24, 2.45) is 0 Å². The molecular formula is C16H26N2. The van der Waals surface area contributed by atoms with E-state index in [0.717, 1.165) is 12.6 Å². The summed E-state index contributed by atoms with van der Waals surface area (Å²) in [7, 11) is 0. The highest BCUT2D eigenvalue weighted by molar-refractivity contribution is 5.42. The van der Waals surface area contributed by atoms with E-state index in [2.05, 4.69) is 47.5 Å². The lowest BCUT2D eigenvalue weighted by atomic mass is 10.1. The van der Waals surface area contributed by atoms with Crippen LogP contribution in [-0.2, 0) is 0 Å². The van der Waals surface area contributed by atoms with Crippen LogP contribution < -0.4 is 5.32 Å². The molecule has 2 nitrogen and oxygen atoms in total. The van der Waals surface area contributed by atoms with Crippen LogP contribution in [0.1, 0.15) is 39.0 Å². The second-order valence-electron chi connectivity index (χ2n) is 5.38. The number of nitrogens with one attached hydrogen (secondary N) is 1. The normalized spacial score (nSPS) is 21.5. The quantitative estimate of drug-likeness (QED) is 0.796. The van der Waals surface area contributed by atoms with Gasteiger partial charge in [0.15, 0.2) is 0 Å². The van der Waals surface area contributed by atoms with Gasteiger partial charge in [-0.15, -0.1) is 0 Å². The molecule has 2 heteroatoms. The largest absolute Gasteiger partial charge is 0.385 e. The number of nitrogens with zero attached hydrogens (tertiary/aromatic N) is 1. The van der Waals surface area contributed by atoms with Crippen LogP contribution in [0.15, 0.2) is 30.3 Å². The van der Waals surface area contributed by atoms with Crippen LogP contribution in [0.2, 0.25) is 0 Å². The van der Waals surface area contributed by atoms with Gasteiger partial charge in [-0.25, -0.2) is 0 Å². The van der Waals surface area contributed by atoms with Crippen molar-refractivity contribution in [2.75, 3.05) is 25.0 Å². The molecule has 1 aromatic carbocycles. The molecular weight excluding hydrogens is 220 g/mol. The van der Waals surface area contributed by atoms with Crippen molar-refractivity contribution in [3.63, 3.8) is 0 Å². The molecule has 1 fully saturated rings. The van der Waals surface area contributed by atoms with Crippen LogP contribution in [0.5, 0.6) is 0 Å². The molecule has 0 bridgehead atoms. The lowest BCUT2D eigenvalue weighted by Crippen LogP contribution is -2.34. The number of para-hydroxylation sites is 1. The number of hydrogen-bond acceptors (Lipinski definition) is 2. The topological polar surface area (TPSA) is 15.3 Å². The maximum absolute atomic E-state index is 3.49. The highest BCUT2D eigenvalue weighted by Gasteiger charge is 2.15. The Kier molecular flexibility index (Phi) is 5.53. The summed E-state index contributed by atoms with van der Waals surface area (Å²) in [5.41, 5.74) is 1.24. The van der Waals surface area contributed by atoms with Gasteiger partial charge >= 0.3 is 0 Å². The van der Waals surface area contributed by atoms with E-state index in [1.807, 2.05) is 0 Å². The van der Waals surface area contributed by atoms with Gasteiger partial charge in [-0.05, 0) is 44.9 Å². The minimum atomic E-state index is 0.782. The van der Waals surface area contributed by atoms with Gasteiger partial charge in [0.05, 0.1) is 0 Å². The molecule has 2 rings (SSSR count). The van der Waals surface area contributed by atoms with E-state index < -0.39 is 0 Å². The van der Waals surface area contributed by atoms with Crippen molar-refractivity contribution < 1.29 is 0 Å². The monoisotopic (exact) mass is 246 g/mol. The number of rotatable bonds is 5. The first-order valence-corrected chi connectivity index (χ1v) is 7.39. The maximum Gasteiger partial charge on any atom is 0.0340 e. The van der Waals surface area contributed by atoms with Crippen LogP contribution >= 0.6 is 0 Å². The Hall–Kier alpha value is -1.02. The van der Waals surface area contributed by atoms with Crippen molar-refractivity contribution in [1.29, 1.82) is 0 Å². The van der Waals surface area contributed by atoms with E-state index in [9.17, 15) is 0 Å². The van der Waals surface area contributed by atoms with E-state index in [0.29, 0.717) is 0 Å². The summed E-state index contributed by atoms with van der Waals surface area (Å²) in [6, 6.07) is 11.3. The summed E-state index contributed by atoms with van der Waals surface area (Å²) >= 11 is 0. The van der Waals surface area contributed by atoms with Crippen LogP contribution in [0, 0.1) is 0 Å². The lowest BCUT2D eigenvalue weighted by Gasteiger charge is -2.26. The molecule has 0 radical (unpaired) electrons. The molecule has 0 spiro atoms. The third-order valence-corrected chi connectivity index (χ3v) is 3.92. The van der Waals surface area contributed by atoms with Crippen molar-refractivity contribution in [3.8, 4) is 0 Å². The Morgan fingerprint density at radius 1 is 1.17 bits per heavy atom. The molecule has 0 amide bonds. The van der Waals surface area contributed by atoms with Crippen LogP contribution in [-0.4, -0.2) is 30.6 Å². The third kappa shape index (κ3) is 4.34. The zero-order chi connectivity index (χ0) is 12.6. The van der Waals surface area contributed by atoms with Crippen molar-refractivity contribution >= 4 is 5.69 Å². The van der Waals surface area contributed by atoms with Gasteiger partial charge < -0.3 is 10.2 Å². The fourth-order valence-corrected chi connectivity index (χ4v) is 2.74. The molecule has 1 heterocycles. The first-order chi connectivity index (χ1) is 8.86. The number of benzene rings is 1. The van der Waals surface area contributed by atoms with Crippen molar-refractivity contribution in [1.82, 2.24) is 4.90 Å². The molecule has 1 aliphatic heterocycles. The van der Waals surface area contributed by atoms with E-state index >= 15 is 0 Å². The Morgan fingerprint density at radius 2 is 2.00 bits per heavy atom. The SMILES string of the molecule is CC1CCCCCN1CCCNc1ccccc1. The summed E-state index contributed by atoms with van der Waals surface area (Å²) in [6.45, 7) is 6.00. The second kappa shape index (κ2) is 7.42. The fourth-order valence-electron chi connectivity index (χ4n) is 2.74. The standard InChI is InChI=1S/C16H26N2/c1-15-9-4-3-7-13-18(15)14-8-12-17-16-10-5-2-6-11-16/h2,5-6,10-11,15,17H,3-4,7-9,12-14H2,1H3. The van der Waals surface area contributed by atoms with Crippen molar-refractivity contribution in [2.45, 2.75) is 45.1 Å². The third-order valence-electron chi connectivity index (χ3n) is 3.92. The van der Waals surface area contributed by atoms with E-state index in [-0.39, 0.29) is 0 Å². The Morgan fingerprint density at radius 3 is 2.83 bits per heavy atom. The molecule has 1 unspecified atom stereocenters. The van der Waals surface area contributed by atoms with Gasteiger partial charge in [-0.3, -0.25) is 0 Å². The molecule has 1 N–H and O–H groups in total. The number of hydrogen-bond donors (Lipinski definition) is 1. The molecule has 1 atom stereocenters. The number of anilines is 1. The van der Waals surface area contributed by atoms with E-state index in [4.69, 9.17) is 0 Å². The molecule has 1 aromatic rings. The maximum atomic E-state index is 3.49. The zero-order valence-corrected chi connectivity index (χ0v) is 11.6. The van der Waals surface area contributed by atoms with Crippen LogP contribution in [0.3, 0.4) is 0 Å². The molecule has 1 aliphatic rings. The summed E-state index contributed by atoms with van der Waals surface area (Å²) in [5.74, 6) is 0. The van der Waals surface area contributed by atoms with Crippen LogP contribution in [0.4, 0.5) is 5.69 Å². The van der Waals surface area contributed by atoms with E-state index in [1.165, 1.54) is 50.9 Å². The summed E-state index contributed by atoms with van der Waals surface area (Å²) < 4.78 is 0. The predicted octanol–water partition coefficient (Wildman–Crippen LogP) is 3.75. The summed E-state index contributed by atoms with van der Waals surface area (Å²) in [6.07, 6.45) is 6.84. The molecule has 0 aromatic heterocycles. The molecule has 100 valence electrons. The molecule has 0 aliphatic carbocycles. The Bertz CT molecular complexity index is 323. The minimum absolute atomic E-state index is 0.782. The fraction of sp³-hybridized carbons (Fsp3) is 0.625. The Labute approximate surface area is 111 Å². The zero-order valence-electron chi connectivity index (χ0n) is 11.6. The minimum Gasteiger partial charge on any atom is -0.385 e. The second-order valence-corrected chi connectivity index (χ2v) is 5.38. The highest BCUT2D eigenvalue weighted by Crippen LogP contribution is 2.16. The van der Waals surface area contributed by atoms with Crippen molar-refractivity contribution in [3.05, 3.63) is 30.3 Å². The molecule has 1 saturated heterocycles. The van der Waals surface area contributed by atoms with Gasteiger partial charge in [-0.2, -0.15) is 0 Å². The number of likely N-dealkylation sites (tertiary alicyclic amines) is 1. The Balaban J connectivity index is 1.65. The summed E-state index contributed by atoms with van der Waals surface area (Å²) in [4.78, 5) is 2.67. The molecule has 0 saturated carbocycles. The smallest absolute Gasteiger partial charge is 0.0340 e. The summed E-state index contributed by atoms with van der Waals surface area (Å²) in [5, 5.41) is 3.49. The average molecular weight is 246 g/mol. The predicted molar refractivity (Wildman–Crippen MR) is 79.1 cm³/mol. The van der Waals surface area contributed by atoms with Crippen LogP contribution in [0.25, 0.3) is 0 Å². The first-order valence-electron chi connectivity index (χ1n) is 7.39. The van der Waals surface area contributed by atoms with Gasteiger partial charge in [0.2, 0.25) is 0 Å². The van der Waals surface area contributed by atoms with Gasteiger partial charge in [0.1, 0.15) is 0 Å². The van der Waals surface area contributed by atoms with Gasteiger partial charge in [0.25, 0.3) is 0 Å². The van der Waals surface area contributed by atoms with Gasteiger partial charge in [-0.1, -0.05) is 31.0 Å².